The van der Waals surface area contributed by atoms with E-state index in [0.29, 0.717) is 40.4 Å². The first-order valence-corrected chi connectivity index (χ1v) is 15.4. The first kappa shape index (κ1) is 30.3. The number of imidazole rings is 1. The largest absolute Gasteiger partial charge is 0.493 e. The second kappa shape index (κ2) is 11.8. The smallest absolute Gasteiger partial charge is 0.231 e. The van der Waals surface area contributed by atoms with Crippen LogP contribution < -0.4 is 24.2 Å². The van der Waals surface area contributed by atoms with E-state index >= 15 is 0 Å². The van der Waals surface area contributed by atoms with E-state index in [1.165, 1.54) is 18.1 Å². The van der Waals surface area contributed by atoms with Crippen LogP contribution in [0.1, 0.15) is 6.92 Å². The fourth-order valence-corrected chi connectivity index (χ4v) is 5.47. The standard InChI is InChI=1S/C31H33N7O5S/c1-20(39)38(23-11-15-27(42-5)28(19-23)43-6)31-33-25-18-22(10-14-26(25)37(31)4)35(2)29-16-17-32-30(34-29)36(3)21-8-12-24(13-9-21)44(7,40)41/h8-19H,1-7H3. The number of nitrogens with zero attached hydrogens (tertiary/aromatic N) is 7. The minimum absolute atomic E-state index is 0.212. The second-order valence-electron chi connectivity index (χ2n) is 10.1. The highest BCUT2D eigenvalue weighted by molar-refractivity contribution is 7.90. The summed E-state index contributed by atoms with van der Waals surface area (Å²) < 4.78 is 36.3. The van der Waals surface area contributed by atoms with Crippen molar-refractivity contribution >= 4 is 61.6 Å². The van der Waals surface area contributed by atoms with Crippen molar-refractivity contribution in [3.63, 3.8) is 0 Å². The summed E-state index contributed by atoms with van der Waals surface area (Å²) in [5.74, 6) is 2.38. The third-order valence-electron chi connectivity index (χ3n) is 7.29. The molecule has 3 aromatic carbocycles. The van der Waals surface area contributed by atoms with E-state index in [9.17, 15) is 13.2 Å². The summed E-state index contributed by atoms with van der Waals surface area (Å²) in [6.45, 7) is 1.49. The summed E-state index contributed by atoms with van der Waals surface area (Å²) >= 11 is 0. The zero-order valence-corrected chi connectivity index (χ0v) is 26.3. The minimum Gasteiger partial charge on any atom is -0.493 e. The molecule has 0 spiro atoms. The van der Waals surface area contributed by atoms with Gasteiger partial charge in [0.1, 0.15) is 5.82 Å². The summed E-state index contributed by atoms with van der Waals surface area (Å²) in [7, 11) is 5.37. The number of fused-ring (bicyclic) bond motifs is 1. The number of hydrogen-bond donors (Lipinski definition) is 0. The lowest BCUT2D eigenvalue weighted by molar-refractivity contribution is -0.115. The molecule has 0 atom stereocenters. The number of aromatic nitrogens is 4. The van der Waals surface area contributed by atoms with Crippen molar-refractivity contribution in [2.75, 3.05) is 49.3 Å². The van der Waals surface area contributed by atoms with Gasteiger partial charge in [0.2, 0.25) is 17.8 Å². The molecule has 5 aromatic rings. The number of carbonyl (C=O) groups is 1. The Balaban J connectivity index is 1.46. The molecule has 0 radical (unpaired) electrons. The first-order valence-electron chi connectivity index (χ1n) is 13.5. The molecule has 13 heteroatoms. The van der Waals surface area contributed by atoms with Crippen LogP contribution in [0, 0.1) is 0 Å². The monoisotopic (exact) mass is 615 g/mol. The summed E-state index contributed by atoms with van der Waals surface area (Å²) in [6, 6.07) is 19.5. The Morgan fingerprint density at radius 1 is 0.818 bits per heavy atom. The van der Waals surface area contributed by atoms with Crippen LogP contribution in [0.2, 0.25) is 0 Å². The molecule has 44 heavy (non-hydrogen) atoms. The van der Waals surface area contributed by atoms with Crippen LogP contribution in [0.3, 0.4) is 0 Å². The van der Waals surface area contributed by atoms with Crippen LogP contribution in [0.5, 0.6) is 11.5 Å². The average Bonchev–Trinajstić information content (AvgIpc) is 3.34. The Hall–Kier alpha value is -5.17. The molecule has 5 rings (SSSR count). The summed E-state index contributed by atoms with van der Waals surface area (Å²) in [5, 5.41) is 0. The Labute approximate surface area is 256 Å². The molecule has 12 nitrogen and oxygen atoms in total. The van der Waals surface area contributed by atoms with Crippen LogP contribution in [-0.2, 0) is 21.7 Å². The minimum atomic E-state index is -3.30. The third-order valence-corrected chi connectivity index (χ3v) is 8.42. The molecule has 228 valence electrons. The predicted octanol–water partition coefficient (Wildman–Crippen LogP) is 5.00. The van der Waals surface area contributed by atoms with E-state index in [4.69, 9.17) is 19.4 Å². The van der Waals surface area contributed by atoms with Crippen molar-refractivity contribution < 1.29 is 22.7 Å². The first-order chi connectivity index (χ1) is 20.9. The lowest BCUT2D eigenvalue weighted by Gasteiger charge is -2.22. The van der Waals surface area contributed by atoms with E-state index < -0.39 is 9.84 Å². The zero-order chi connectivity index (χ0) is 31.8. The molecular weight excluding hydrogens is 582 g/mol. The van der Waals surface area contributed by atoms with Gasteiger partial charge >= 0.3 is 0 Å². The van der Waals surface area contributed by atoms with Crippen LogP contribution in [0.4, 0.5) is 34.8 Å². The molecule has 1 amide bonds. The van der Waals surface area contributed by atoms with Crippen molar-refractivity contribution in [3.05, 3.63) is 72.9 Å². The average molecular weight is 616 g/mol. The Morgan fingerprint density at radius 3 is 2.11 bits per heavy atom. The lowest BCUT2D eigenvalue weighted by atomic mass is 10.2. The number of carbonyl (C=O) groups excluding carboxylic acids is 1. The fraction of sp³-hybridized carbons (Fsp3) is 0.226. The number of rotatable bonds is 9. The number of ether oxygens (including phenoxy) is 2. The van der Waals surface area contributed by atoms with Crippen molar-refractivity contribution in [1.29, 1.82) is 0 Å². The van der Waals surface area contributed by atoms with E-state index in [-0.39, 0.29) is 10.8 Å². The molecule has 2 heterocycles. The number of amides is 1. The van der Waals surface area contributed by atoms with E-state index in [0.717, 1.165) is 16.9 Å². The van der Waals surface area contributed by atoms with Gasteiger partial charge in [0.05, 0.1) is 35.8 Å². The molecule has 0 aliphatic heterocycles. The third kappa shape index (κ3) is 5.73. The maximum Gasteiger partial charge on any atom is 0.231 e. The van der Waals surface area contributed by atoms with Crippen LogP contribution in [0.15, 0.2) is 77.8 Å². The Bertz CT molecular complexity index is 1960. The van der Waals surface area contributed by atoms with Crippen molar-refractivity contribution in [2.24, 2.45) is 7.05 Å². The lowest BCUT2D eigenvalue weighted by Crippen LogP contribution is -2.25. The molecule has 0 bridgehead atoms. The molecule has 0 N–H and O–H groups in total. The summed E-state index contributed by atoms with van der Waals surface area (Å²) in [5.41, 5.74) is 3.69. The van der Waals surface area contributed by atoms with E-state index in [1.807, 2.05) is 48.8 Å². The number of aryl methyl sites for hydroxylation is 1. The number of hydrogen-bond acceptors (Lipinski definition) is 10. The molecule has 0 saturated carbocycles. The van der Waals surface area contributed by atoms with E-state index in [1.54, 1.807) is 73.8 Å². The van der Waals surface area contributed by atoms with E-state index in [2.05, 4.69) is 4.98 Å². The molecular formula is C31H33N7O5S. The van der Waals surface area contributed by atoms with Gasteiger partial charge < -0.3 is 23.8 Å². The SMILES string of the molecule is COc1ccc(N(C(C)=O)c2nc3cc(N(C)c4ccnc(N(C)c5ccc(S(C)(=O)=O)cc5)n4)ccc3n2C)cc1OC. The van der Waals surface area contributed by atoms with Crippen LogP contribution >= 0.6 is 0 Å². The van der Waals surface area contributed by atoms with Gasteiger partial charge in [-0.2, -0.15) is 4.98 Å². The topological polar surface area (TPSA) is 123 Å². The second-order valence-corrected chi connectivity index (χ2v) is 12.2. The summed E-state index contributed by atoms with van der Waals surface area (Å²) in [6.07, 6.45) is 2.84. The van der Waals surface area contributed by atoms with Gasteiger partial charge in [0.15, 0.2) is 21.3 Å². The molecule has 0 saturated heterocycles. The van der Waals surface area contributed by atoms with Gasteiger partial charge in [-0.1, -0.05) is 0 Å². The molecule has 0 fully saturated rings. The highest BCUT2D eigenvalue weighted by atomic mass is 32.2. The normalized spacial score (nSPS) is 11.3. The molecule has 0 aliphatic carbocycles. The van der Waals surface area contributed by atoms with Gasteiger partial charge in [-0.25, -0.2) is 18.4 Å². The van der Waals surface area contributed by atoms with Crippen molar-refractivity contribution in [3.8, 4) is 11.5 Å². The Kier molecular flexibility index (Phi) is 8.15. The van der Waals surface area contributed by atoms with Gasteiger partial charge in [-0.15, -0.1) is 0 Å². The van der Waals surface area contributed by atoms with Crippen molar-refractivity contribution in [2.45, 2.75) is 11.8 Å². The van der Waals surface area contributed by atoms with Crippen molar-refractivity contribution in [1.82, 2.24) is 19.5 Å². The highest BCUT2D eigenvalue weighted by Gasteiger charge is 2.23. The van der Waals surface area contributed by atoms with Crippen LogP contribution in [-0.4, -0.2) is 68.4 Å². The maximum atomic E-state index is 12.9. The van der Waals surface area contributed by atoms with Gasteiger partial charge in [0.25, 0.3) is 0 Å². The highest BCUT2D eigenvalue weighted by Crippen LogP contribution is 2.36. The number of benzene rings is 3. The number of anilines is 6. The summed E-state index contributed by atoms with van der Waals surface area (Å²) in [4.78, 5) is 32.3. The van der Waals surface area contributed by atoms with Gasteiger partial charge in [-0.05, 0) is 60.7 Å². The van der Waals surface area contributed by atoms with Gasteiger partial charge in [-0.3, -0.25) is 9.69 Å². The zero-order valence-electron chi connectivity index (χ0n) is 25.5. The molecule has 0 unspecified atom stereocenters. The quantitative estimate of drug-likeness (QED) is 0.224. The fourth-order valence-electron chi connectivity index (χ4n) is 4.84. The molecule has 0 aliphatic rings. The number of methoxy groups -OCH3 is 2. The number of sulfone groups is 1. The maximum absolute atomic E-state index is 12.9. The Morgan fingerprint density at radius 2 is 1.48 bits per heavy atom. The van der Waals surface area contributed by atoms with Crippen LogP contribution in [0.25, 0.3) is 11.0 Å². The predicted molar refractivity (Wildman–Crippen MR) is 171 cm³/mol. The van der Waals surface area contributed by atoms with Gasteiger partial charge in [0, 0.05) is 58.0 Å². The molecule has 2 aromatic heterocycles.